The van der Waals surface area contributed by atoms with Crippen molar-refractivity contribution in [2.75, 3.05) is 19.6 Å². The normalized spacial score (nSPS) is 24.7. The molecule has 1 saturated carbocycles. The van der Waals surface area contributed by atoms with E-state index in [1.54, 1.807) is 0 Å². The van der Waals surface area contributed by atoms with Gasteiger partial charge in [0.05, 0.1) is 0 Å². The van der Waals surface area contributed by atoms with Gasteiger partial charge in [0.15, 0.2) is 0 Å². The molecule has 2 aromatic rings. The molecule has 146 valence electrons. The monoisotopic (exact) mass is 497 g/mol. The Morgan fingerprint density at radius 2 is 1.37 bits per heavy atom. The maximum Gasteiger partial charge on any atom is 0.116 e. The van der Waals surface area contributed by atoms with Crippen molar-refractivity contribution >= 4 is 35.0 Å². The van der Waals surface area contributed by atoms with Crippen LogP contribution in [0.15, 0.2) is 54.6 Å². The molecule has 2 nitrogen and oxygen atoms in total. The second-order valence-corrected chi connectivity index (χ2v) is 9.38. The lowest BCUT2D eigenvalue weighted by molar-refractivity contribution is 0.0558. The van der Waals surface area contributed by atoms with E-state index in [-0.39, 0.29) is 12.4 Å². The predicted molar refractivity (Wildman–Crippen MR) is 122 cm³/mol. The van der Waals surface area contributed by atoms with Gasteiger partial charge < -0.3 is 10.0 Å². The van der Waals surface area contributed by atoms with Gasteiger partial charge in [-0.05, 0) is 89.8 Å². The SMILES string of the molecule is Cl.OC(CCN1CC2CCC(CC2)C1)(c1ccccc1)c1ccc(I)cc1. The Morgan fingerprint density at radius 1 is 0.852 bits per heavy atom. The molecule has 0 spiro atoms. The second kappa shape index (κ2) is 9.25. The molecule has 4 heteroatoms. The van der Waals surface area contributed by atoms with E-state index >= 15 is 0 Å². The van der Waals surface area contributed by atoms with Crippen molar-refractivity contribution in [3.05, 3.63) is 69.3 Å². The quantitative estimate of drug-likeness (QED) is 0.555. The van der Waals surface area contributed by atoms with E-state index in [1.807, 2.05) is 18.2 Å². The summed E-state index contributed by atoms with van der Waals surface area (Å²) in [5, 5.41) is 11.8. The van der Waals surface area contributed by atoms with Crippen LogP contribution < -0.4 is 0 Å². The summed E-state index contributed by atoms with van der Waals surface area (Å²) in [7, 11) is 0. The van der Waals surface area contributed by atoms with Crippen LogP contribution in [0.25, 0.3) is 0 Å². The van der Waals surface area contributed by atoms with Gasteiger partial charge in [0.1, 0.15) is 5.60 Å². The van der Waals surface area contributed by atoms with Crippen LogP contribution in [0.2, 0.25) is 0 Å². The van der Waals surface area contributed by atoms with E-state index in [0.717, 1.165) is 35.9 Å². The first kappa shape index (κ1) is 21.1. The number of rotatable bonds is 5. The highest BCUT2D eigenvalue weighted by Crippen LogP contribution is 2.37. The maximum atomic E-state index is 11.8. The van der Waals surface area contributed by atoms with E-state index in [0.29, 0.717) is 0 Å². The van der Waals surface area contributed by atoms with Crippen molar-refractivity contribution in [3.63, 3.8) is 0 Å². The molecular weight excluding hydrogens is 469 g/mol. The topological polar surface area (TPSA) is 23.5 Å². The average molecular weight is 498 g/mol. The summed E-state index contributed by atoms with van der Waals surface area (Å²) in [6.45, 7) is 3.40. The number of hydrogen-bond acceptors (Lipinski definition) is 2. The molecule has 5 rings (SSSR count). The third-order valence-corrected chi connectivity index (χ3v) is 7.08. The van der Waals surface area contributed by atoms with E-state index in [1.165, 1.54) is 42.3 Å². The molecule has 0 radical (unpaired) electrons. The Bertz CT molecular complexity index is 701. The van der Waals surface area contributed by atoms with Crippen LogP contribution in [0.3, 0.4) is 0 Å². The van der Waals surface area contributed by atoms with Crippen LogP contribution in [0, 0.1) is 15.4 Å². The molecular formula is C23H29ClINO. The highest BCUT2D eigenvalue weighted by atomic mass is 127. The van der Waals surface area contributed by atoms with Gasteiger partial charge in [-0.3, -0.25) is 0 Å². The van der Waals surface area contributed by atoms with Gasteiger partial charge in [-0.1, -0.05) is 42.5 Å². The predicted octanol–water partition coefficient (Wildman–Crippen LogP) is 5.46. The van der Waals surface area contributed by atoms with Gasteiger partial charge in [-0.25, -0.2) is 0 Å². The first-order valence-electron chi connectivity index (χ1n) is 9.90. The van der Waals surface area contributed by atoms with Gasteiger partial charge in [-0.2, -0.15) is 0 Å². The number of aliphatic hydroxyl groups is 1. The average Bonchev–Trinajstić information content (AvgIpc) is 3.00. The Balaban J connectivity index is 0.00000210. The molecule has 2 saturated heterocycles. The maximum absolute atomic E-state index is 11.8. The van der Waals surface area contributed by atoms with E-state index < -0.39 is 5.60 Å². The molecule has 0 amide bonds. The molecule has 27 heavy (non-hydrogen) atoms. The van der Waals surface area contributed by atoms with Crippen LogP contribution in [-0.2, 0) is 5.60 Å². The van der Waals surface area contributed by atoms with Crippen molar-refractivity contribution in [2.45, 2.75) is 37.7 Å². The van der Waals surface area contributed by atoms with E-state index in [2.05, 4.69) is 63.9 Å². The highest BCUT2D eigenvalue weighted by molar-refractivity contribution is 14.1. The molecule has 2 aliphatic heterocycles. The number of hydrogen-bond donors (Lipinski definition) is 1. The van der Waals surface area contributed by atoms with Crippen molar-refractivity contribution in [3.8, 4) is 0 Å². The van der Waals surface area contributed by atoms with Gasteiger partial charge in [-0.15, -0.1) is 12.4 Å². The molecule has 0 aromatic heterocycles. The molecule has 2 aromatic carbocycles. The van der Waals surface area contributed by atoms with Gasteiger partial charge in [0.25, 0.3) is 0 Å². The Morgan fingerprint density at radius 3 is 1.93 bits per heavy atom. The van der Waals surface area contributed by atoms with Gasteiger partial charge >= 0.3 is 0 Å². The summed E-state index contributed by atoms with van der Waals surface area (Å²) >= 11 is 2.32. The lowest BCUT2D eigenvalue weighted by atomic mass is 9.83. The third kappa shape index (κ3) is 4.87. The van der Waals surface area contributed by atoms with Crippen LogP contribution in [0.5, 0.6) is 0 Å². The summed E-state index contributed by atoms with van der Waals surface area (Å²) in [5.41, 5.74) is 1.08. The van der Waals surface area contributed by atoms with Crippen molar-refractivity contribution in [2.24, 2.45) is 11.8 Å². The summed E-state index contributed by atoms with van der Waals surface area (Å²) in [6.07, 6.45) is 6.36. The highest BCUT2D eigenvalue weighted by Gasteiger charge is 2.34. The zero-order valence-corrected chi connectivity index (χ0v) is 18.7. The van der Waals surface area contributed by atoms with E-state index in [4.69, 9.17) is 0 Å². The molecule has 3 fully saturated rings. The molecule has 2 heterocycles. The Kier molecular flexibility index (Phi) is 7.23. The van der Waals surface area contributed by atoms with Crippen molar-refractivity contribution in [1.29, 1.82) is 0 Å². The number of nitrogens with zero attached hydrogens (tertiary/aromatic N) is 1. The minimum atomic E-state index is -0.920. The van der Waals surface area contributed by atoms with Crippen LogP contribution in [-0.4, -0.2) is 29.6 Å². The fourth-order valence-corrected chi connectivity index (χ4v) is 5.16. The molecule has 2 bridgehead atoms. The lowest BCUT2D eigenvalue weighted by Gasteiger charge is -2.33. The fraction of sp³-hybridized carbons (Fsp3) is 0.478. The van der Waals surface area contributed by atoms with Crippen LogP contribution >= 0.6 is 35.0 Å². The van der Waals surface area contributed by atoms with Gasteiger partial charge in [0, 0.05) is 23.2 Å². The summed E-state index contributed by atoms with van der Waals surface area (Å²) < 4.78 is 1.20. The summed E-state index contributed by atoms with van der Waals surface area (Å²) in [4.78, 5) is 2.62. The first-order chi connectivity index (χ1) is 12.6. The van der Waals surface area contributed by atoms with E-state index in [9.17, 15) is 5.11 Å². The minimum Gasteiger partial charge on any atom is -0.380 e. The Hall–Kier alpha value is -0.620. The molecule has 1 unspecified atom stereocenters. The number of fused-ring (bicyclic) bond motifs is 4. The summed E-state index contributed by atoms with van der Waals surface area (Å²) in [5.74, 6) is 1.74. The Labute approximate surface area is 182 Å². The lowest BCUT2D eigenvalue weighted by Crippen LogP contribution is -2.36. The minimum absolute atomic E-state index is 0. The number of halogens is 2. The standard InChI is InChI=1S/C23H28INO.ClH/c24-22-12-10-21(11-13-22)23(26,20-4-2-1-3-5-20)14-15-25-16-18-6-7-19(17-25)9-8-18;/h1-5,10-13,18-19,26H,6-9,14-17H2;1H. The molecule has 1 atom stereocenters. The smallest absolute Gasteiger partial charge is 0.116 e. The number of benzene rings is 2. The zero-order chi connectivity index (χ0) is 18.0. The third-order valence-electron chi connectivity index (χ3n) is 6.36. The van der Waals surface area contributed by atoms with Crippen LogP contribution in [0.1, 0.15) is 43.2 Å². The zero-order valence-electron chi connectivity index (χ0n) is 15.7. The van der Waals surface area contributed by atoms with Crippen molar-refractivity contribution < 1.29 is 5.11 Å². The first-order valence-corrected chi connectivity index (χ1v) is 11.0. The largest absolute Gasteiger partial charge is 0.380 e. The molecule has 1 aliphatic carbocycles. The molecule has 1 N–H and O–H groups in total. The van der Waals surface area contributed by atoms with Crippen molar-refractivity contribution in [1.82, 2.24) is 4.90 Å². The second-order valence-electron chi connectivity index (χ2n) is 8.13. The van der Waals surface area contributed by atoms with Crippen LogP contribution in [0.4, 0.5) is 0 Å². The fourth-order valence-electron chi connectivity index (χ4n) is 4.80. The molecule has 3 aliphatic rings. The van der Waals surface area contributed by atoms with Gasteiger partial charge in [0.2, 0.25) is 0 Å². The summed E-state index contributed by atoms with van der Waals surface area (Å²) in [6, 6.07) is 18.5.